The molecule has 0 saturated carbocycles. The molecule has 0 bridgehead atoms. The van der Waals surface area contributed by atoms with Crippen molar-refractivity contribution in [2.75, 3.05) is 22.9 Å². The highest BCUT2D eigenvalue weighted by atomic mass is 32.2. The third-order valence-electron chi connectivity index (χ3n) is 5.32. The van der Waals surface area contributed by atoms with Crippen molar-refractivity contribution >= 4 is 40.2 Å². The van der Waals surface area contributed by atoms with Gasteiger partial charge in [0, 0.05) is 6.54 Å². The predicted molar refractivity (Wildman–Crippen MR) is 134 cm³/mol. The summed E-state index contributed by atoms with van der Waals surface area (Å²) in [5.41, 5.74) is 7.97. The third-order valence-corrected chi connectivity index (χ3v) is 6.37. The minimum absolute atomic E-state index is 0.0262. The fraction of sp³-hybridized carbons (Fsp3) is 0.208. The fourth-order valence-corrected chi connectivity index (χ4v) is 4.47. The van der Waals surface area contributed by atoms with Gasteiger partial charge < -0.3 is 10.6 Å². The highest BCUT2D eigenvalue weighted by Gasteiger charge is 2.23. The molecule has 4 aromatic rings. The lowest BCUT2D eigenvalue weighted by atomic mass is 10.2. The number of aromatic amines is 1. The first-order chi connectivity index (χ1) is 16.4. The normalized spacial score (nSPS) is 11.0. The molecule has 1 amide bonds. The Kier molecular flexibility index (Phi) is 6.78. The number of aryl methyl sites for hydroxylation is 1. The van der Waals surface area contributed by atoms with Crippen LogP contribution >= 0.6 is 11.8 Å². The monoisotopic (exact) mass is 476 g/mol. The van der Waals surface area contributed by atoms with E-state index in [4.69, 9.17) is 5.73 Å². The van der Waals surface area contributed by atoms with Gasteiger partial charge in [-0.25, -0.2) is 14.8 Å². The molecular formula is C24H24N6O3S. The molecule has 34 heavy (non-hydrogen) atoms. The van der Waals surface area contributed by atoms with Gasteiger partial charge in [0.1, 0.15) is 10.8 Å². The van der Waals surface area contributed by atoms with E-state index < -0.39 is 11.2 Å². The molecule has 3 N–H and O–H groups in total. The molecule has 4 rings (SSSR count). The number of carbonyl (C=O) groups excluding carboxylic acids is 1. The van der Waals surface area contributed by atoms with Crippen LogP contribution in [0.25, 0.3) is 11.0 Å². The van der Waals surface area contributed by atoms with Gasteiger partial charge in [-0.2, -0.15) is 0 Å². The zero-order valence-electron chi connectivity index (χ0n) is 18.8. The van der Waals surface area contributed by atoms with E-state index >= 15 is 0 Å². The first-order valence-corrected chi connectivity index (χ1v) is 11.7. The maximum absolute atomic E-state index is 13.1. The lowest BCUT2D eigenvalue weighted by Crippen LogP contribution is -2.41. The number of hydrogen-bond donors (Lipinski definition) is 2. The molecule has 0 aliphatic heterocycles. The van der Waals surface area contributed by atoms with Crippen LogP contribution in [0.15, 0.2) is 69.2 Å². The molecule has 10 heteroatoms. The number of nitrogen functional groups attached to an aromatic ring is 1. The van der Waals surface area contributed by atoms with Crippen molar-refractivity contribution in [3.05, 3.63) is 86.7 Å². The Balaban J connectivity index is 1.61. The van der Waals surface area contributed by atoms with Gasteiger partial charge in [0.25, 0.3) is 5.56 Å². The molecule has 0 saturated heterocycles. The standard InChI is InChI=1S/C24H24N6O3S/c1-3-29(19(31)14-34-23-15(2)26-17-11-7-8-12-18(17)27-23)20-21(25)30(24(33)28-22(20)32)13-16-9-5-4-6-10-16/h4-12H,3,13-14,25H2,1-2H3,(H,28,32,33). The van der Waals surface area contributed by atoms with E-state index in [-0.39, 0.29) is 36.3 Å². The van der Waals surface area contributed by atoms with Crippen LogP contribution in [0, 0.1) is 6.92 Å². The van der Waals surface area contributed by atoms with Crippen molar-refractivity contribution in [1.29, 1.82) is 0 Å². The molecule has 2 aromatic heterocycles. The second kappa shape index (κ2) is 9.92. The lowest BCUT2D eigenvalue weighted by Gasteiger charge is -2.23. The van der Waals surface area contributed by atoms with E-state index in [1.165, 1.54) is 21.2 Å². The average molecular weight is 477 g/mol. The summed E-state index contributed by atoms with van der Waals surface area (Å²) in [5.74, 6) is -0.360. The molecule has 0 aliphatic rings. The number of fused-ring (bicyclic) bond motifs is 1. The van der Waals surface area contributed by atoms with Crippen LogP contribution in [-0.2, 0) is 11.3 Å². The zero-order valence-corrected chi connectivity index (χ0v) is 19.6. The smallest absolute Gasteiger partial charge is 0.330 e. The largest absolute Gasteiger partial charge is 0.383 e. The number of carbonyl (C=O) groups is 1. The molecule has 0 fully saturated rings. The molecule has 0 aliphatic carbocycles. The van der Waals surface area contributed by atoms with Gasteiger partial charge >= 0.3 is 5.69 Å². The predicted octanol–water partition coefficient (Wildman–Crippen LogP) is 2.56. The van der Waals surface area contributed by atoms with Crippen LogP contribution in [0.3, 0.4) is 0 Å². The maximum Gasteiger partial charge on any atom is 0.330 e. The Morgan fingerprint density at radius 3 is 2.38 bits per heavy atom. The van der Waals surface area contributed by atoms with Crippen LogP contribution in [0.5, 0.6) is 0 Å². The summed E-state index contributed by atoms with van der Waals surface area (Å²) in [5, 5.41) is 0.638. The van der Waals surface area contributed by atoms with Crippen LogP contribution in [0.4, 0.5) is 11.5 Å². The Hall–Kier alpha value is -3.92. The Morgan fingerprint density at radius 2 is 1.71 bits per heavy atom. The van der Waals surface area contributed by atoms with Gasteiger partial charge in [-0.3, -0.25) is 19.1 Å². The summed E-state index contributed by atoms with van der Waals surface area (Å²) >= 11 is 1.24. The summed E-state index contributed by atoms with van der Waals surface area (Å²) < 4.78 is 1.26. The highest BCUT2D eigenvalue weighted by molar-refractivity contribution is 8.00. The highest BCUT2D eigenvalue weighted by Crippen LogP contribution is 2.24. The van der Waals surface area contributed by atoms with Crippen LogP contribution < -0.4 is 21.9 Å². The number of amides is 1. The van der Waals surface area contributed by atoms with Crippen molar-refractivity contribution in [2.45, 2.75) is 25.4 Å². The maximum atomic E-state index is 13.1. The number of hydrogen-bond acceptors (Lipinski definition) is 7. The Morgan fingerprint density at radius 1 is 1.06 bits per heavy atom. The minimum atomic E-state index is -0.700. The molecule has 0 unspecified atom stereocenters. The number of benzene rings is 2. The number of nitrogens with one attached hydrogen (secondary N) is 1. The van der Waals surface area contributed by atoms with Gasteiger partial charge in [-0.05, 0) is 31.5 Å². The second-order valence-electron chi connectivity index (χ2n) is 7.59. The zero-order chi connectivity index (χ0) is 24.2. The van der Waals surface area contributed by atoms with Crippen molar-refractivity contribution in [3.63, 3.8) is 0 Å². The van der Waals surface area contributed by atoms with Crippen LogP contribution in [0.1, 0.15) is 18.2 Å². The van der Waals surface area contributed by atoms with Crippen molar-refractivity contribution in [1.82, 2.24) is 19.5 Å². The van der Waals surface area contributed by atoms with Gasteiger partial charge in [0.2, 0.25) is 5.91 Å². The van der Waals surface area contributed by atoms with Crippen LogP contribution in [0.2, 0.25) is 0 Å². The first kappa shape index (κ1) is 23.2. The third kappa shape index (κ3) is 4.72. The van der Waals surface area contributed by atoms with Crippen molar-refractivity contribution in [3.8, 4) is 0 Å². The number of H-pyrrole nitrogens is 1. The molecular weight excluding hydrogens is 452 g/mol. The van der Waals surface area contributed by atoms with Gasteiger partial charge in [0.05, 0.1) is 29.0 Å². The molecule has 0 spiro atoms. The summed E-state index contributed by atoms with van der Waals surface area (Å²) in [6.45, 7) is 3.96. The summed E-state index contributed by atoms with van der Waals surface area (Å²) in [6.07, 6.45) is 0. The number of aromatic nitrogens is 4. The van der Waals surface area contributed by atoms with E-state index in [1.807, 2.05) is 61.5 Å². The number of rotatable bonds is 7. The first-order valence-electron chi connectivity index (χ1n) is 10.7. The van der Waals surface area contributed by atoms with Crippen molar-refractivity contribution < 1.29 is 4.79 Å². The minimum Gasteiger partial charge on any atom is -0.383 e. The second-order valence-corrected chi connectivity index (χ2v) is 8.56. The number of nitrogens with two attached hydrogens (primary N) is 1. The average Bonchev–Trinajstić information content (AvgIpc) is 2.83. The SMILES string of the molecule is CCN(C(=O)CSc1nc2ccccc2nc1C)c1c(N)n(Cc2ccccc2)c(=O)[nH]c1=O. The van der Waals surface area contributed by atoms with E-state index in [9.17, 15) is 14.4 Å². The van der Waals surface area contributed by atoms with Gasteiger partial charge in [0.15, 0.2) is 5.69 Å². The quantitative estimate of drug-likeness (QED) is 0.393. The van der Waals surface area contributed by atoms with Crippen LogP contribution in [-0.4, -0.2) is 37.7 Å². The van der Waals surface area contributed by atoms with Gasteiger partial charge in [-0.1, -0.05) is 54.2 Å². The van der Waals surface area contributed by atoms with Gasteiger partial charge in [-0.15, -0.1) is 0 Å². The molecule has 9 nitrogen and oxygen atoms in total. The van der Waals surface area contributed by atoms with E-state index in [1.54, 1.807) is 6.92 Å². The Bertz CT molecular complexity index is 1470. The van der Waals surface area contributed by atoms with E-state index in [0.29, 0.717) is 10.7 Å². The number of para-hydroxylation sites is 2. The van der Waals surface area contributed by atoms with Crippen molar-refractivity contribution in [2.24, 2.45) is 0 Å². The fourth-order valence-electron chi connectivity index (χ4n) is 3.64. The Labute approximate surface area is 199 Å². The summed E-state index contributed by atoms with van der Waals surface area (Å²) in [4.78, 5) is 51.0. The van der Waals surface area contributed by atoms with E-state index in [2.05, 4.69) is 15.0 Å². The topological polar surface area (TPSA) is 127 Å². The molecule has 174 valence electrons. The number of anilines is 2. The summed E-state index contributed by atoms with van der Waals surface area (Å²) in [6, 6.07) is 16.8. The van der Waals surface area contributed by atoms with E-state index in [0.717, 1.165) is 16.6 Å². The molecule has 2 aromatic carbocycles. The summed E-state index contributed by atoms with van der Waals surface area (Å²) in [7, 11) is 0. The molecule has 2 heterocycles. The molecule has 0 radical (unpaired) electrons. The number of nitrogens with zero attached hydrogens (tertiary/aromatic N) is 4. The lowest BCUT2D eigenvalue weighted by molar-refractivity contribution is -0.116. The number of thioether (sulfide) groups is 1. The molecule has 0 atom stereocenters.